The SMILES string of the molecule is CCOC(=O)C(CC(c1ccccc1)[N+](=O)[O-])C(=O)OCC. The molecule has 0 aliphatic heterocycles. The van der Waals surface area contributed by atoms with Crippen molar-refractivity contribution in [3.8, 4) is 0 Å². The lowest BCUT2D eigenvalue weighted by Gasteiger charge is -2.17. The number of nitrogens with zero attached hydrogens (tertiary/aromatic N) is 1. The van der Waals surface area contributed by atoms with Gasteiger partial charge < -0.3 is 9.47 Å². The molecule has 1 rings (SSSR count). The van der Waals surface area contributed by atoms with Crippen molar-refractivity contribution in [3.63, 3.8) is 0 Å². The second-order valence-corrected chi connectivity index (χ2v) is 4.50. The van der Waals surface area contributed by atoms with Crippen LogP contribution in [0.25, 0.3) is 0 Å². The summed E-state index contributed by atoms with van der Waals surface area (Å²) in [6, 6.07) is 7.04. The minimum Gasteiger partial charge on any atom is -0.465 e. The molecule has 0 saturated heterocycles. The van der Waals surface area contributed by atoms with E-state index in [1.165, 1.54) is 0 Å². The Hall–Kier alpha value is -2.44. The minimum absolute atomic E-state index is 0.0865. The van der Waals surface area contributed by atoms with Gasteiger partial charge in [0.1, 0.15) is 0 Å². The third-order valence-corrected chi connectivity index (χ3v) is 3.04. The van der Waals surface area contributed by atoms with E-state index in [1.54, 1.807) is 44.2 Å². The van der Waals surface area contributed by atoms with Crippen molar-refractivity contribution in [2.45, 2.75) is 26.3 Å². The second-order valence-electron chi connectivity index (χ2n) is 4.50. The molecule has 0 N–H and O–H groups in total. The molecule has 0 aliphatic rings. The second kappa shape index (κ2) is 8.76. The van der Waals surface area contributed by atoms with Gasteiger partial charge in [-0.05, 0) is 13.8 Å². The van der Waals surface area contributed by atoms with Gasteiger partial charge in [-0.2, -0.15) is 0 Å². The van der Waals surface area contributed by atoms with Gasteiger partial charge in [0.15, 0.2) is 5.92 Å². The van der Waals surface area contributed by atoms with Crippen molar-refractivity contribution < 1.29 is 24.0 Å². The topological polar surface area (TPSA) is 95.7 Å². The van der Waals surface area contributed by atoms with Crippen LogP contribution in [0.1, 0.15) is 31.9 Å². The summed E-state index contributed by atoms with van der Waals surface area (Å²) < 4.78 is 9.65. The van der Waals surface area contributed by atoms with Crippen molar-refractivity contribution in [1.82, 2.24) is 0 Å². The standard InChI is InChI=1S/C15H19NO6/c1-3-21-14(17)12(15(18)22-4-2)10-13(16(19)20)11-8-6-5-7-9-11/h5-9,12-13H,3-4,10H2,1-2H3. The van der Waals surface area contributed by atoms with Crippen LogP contribution in [-0.2, 0) is 19.1 Å². The summed E-state index contributed by atoms with van der Waals surface area (Å²) in [6.45, 7) is 3.37. The first-order chi connectivity index (χ1) is 10.5. The molecule has 22 heavy (non-hydrogen) atoms. The molecule has 7 nitrogen and oxygen atoms in total. The number of rotatable bonds is 8. The van der Waals surface area contributed by atoms with Crippen molar-refractivity contribution in [1.29, 1.82) is 0 Å². The summed E-state index contributed by atoms with van der Waals surface area (Å²) in [5.74, 6) is -2.91. The molecule has 0 aliphatic carbocycles. The molecule has 0 amide bonds. The van der Waals surface area contributed by atoms with Crippen molar-refractivity contribution in [2.24, 2.45) is 5.92 Å². The number of hydrogen-bond acceptors (Lipinski definition) is 6. The monoisotopic (exact) mass is 309 g/mol. The van der Waals surface area contributed by atoms with E-state index >= 15 is 0 Å². The molecule has 1 unspecified atom stereocenters. The molecular formula is C15H19NO6. The van der Waals surface area contributed by atoms with E-state index in [4.69, 9.17) is 9.47 Å². The molecule has 0 aromatic heterocycles. The number of ether oxygens (including phenoxy) is 2. The van der Waals surface area contributed by atoms with Gasteiger partial charge in [0.05, 0.1) is 13.2 Å². The third-order valence-electron chi connectivity index (χ3n) is 3.04. The molecule has 0 heterocycles. The van der Waals surface area contributed by atoms with Gasteiger partial charge in [-0.1, -0.05) is 30.3 Å². The third kappa shape index (κ3) is 4.83. The Balaban J connectivity index is 3.00. The molecule has 0 spiro atoms. The van der Waals surface area contributed by atoms with Gasteiger partial charge in [0, 0.05) is 16.9 Å². The van der Waals surface area contributed by atoms with Crippen LogP contribution in [0.3, 0.4) is 0 Å². The van der Waals surface area contributed by atoms with Crippen molar-refractivity contribution in [2.75, 3.05) is 13.2 Å². The quantitative estimate of drug-likeness (QED) is 0.316. The van der Waals surface area contributed by atoms with E-state index in [0.717, 1.165) is 0 Å². The first-order valence-electron chi connectivity index (χ1n) is 7.02. The van der Waals surface area contributed by atoms with E-state index in [2.05, 4.69) is 0 Å². The molecule has 7 heteroatoms. The summed E-state index contributed by atoms with van der Waals surface area (Å²) in [7, 11) is 0. The Morgan fingerprint density at radius 1 is 1.09 bits per heavy atom. The van der Waals surface area contributed by atoms with Crippen LogP contribution in [0, 0.1) is 16.0 Å². The Labute approximate surface area is 128 Å². The average molecular weight is 309 g/mol. The maximum Gasteiger partial charge on any atom is 0.320 e. The van der Waals surface area contributed by atoms with Crippen molar-refractivity contribution >= 4 is 11.9 Å². The maximum atomic E-state index is 11.9. The number of benzene rings is 1. The average Bonchev–Trinajstić information content (AvgIpc) is 2.49. The molecule has 0 radical (unpaired) electrons. The fraction of sp³-hybridized carbons (Fsp3) is 0.467. The highest BCUT2D eigenvalue weighted by Crippen LogP contribution is 2.26. The van der Waals surface area contributed by atoms with Crippen LogP contribution in [0.15, 0.2) is 30.3 Å². The molecule has 1 aromatic rings. The first-order valence-corrected chi connectivity index (χ1v) is 7.02. The van der Waals surface area contributed by atoms with Crippen molar-refractivity contribution in [3.05, 3.63) is 46.0 Å². The molecule has 120 valence electrons. The molecule has 0 saturated carbocycles. The van der Waals surface area contributed by atoms with E-state index < -0.39 is 28.8 Å². The Morgan fingerprint density at radius 2 is 1.59 bits per heavy atom. The lowest BCUT2D eigenvalue weighted by Crippen LogP contribution is -2.31. The van der Waals surface area contributed by atoms with E-state index in [0.29, 0.717) is 5.56 Å². The summed E-state index contributed by atoms with van der Waals surface area (Å²) in [5.41, 5.74) is 0.422. The molecule has 0 fully saturated rings. The highest BCUT2D eigenvalue weighted by atomic mass is 16.6. The Morgan fingerprint density at radius 3 is 2.00 bits per heavy atom. The number of hydrogen-bond donors (Lipinski definition) is 0. The van der Waals surface area contributed by atoms with Crippen LogP contribution in [0.4, 0.5) is 0 Å². The Bertz CT molecular complexity index is 498. The zero-order chi connectivity index (χ0) is 16.5. The smallest absolute Gasteiger partial charge is 0.320 e. The fourth-order valence-electron chi connectivity index (χ4n) is 2.02. The highest BCUT2D eigenvalue weighted by Gasteiger charge is 2.37. The van der Waals surface area contributed by atoms with Crippen LogP contribution in [-0.4, -0.2) is 30.1 Å². The van der Waals surface area contributed by atoms with Crippen LogP contribution in [0.5, 0.6) is 0 Å². The largest absolute Gasteiger partial charge is 0.465 e. The molecular weight excluding hydrogens is 290 g/mol. The Kier molecular flexibility index (Phi) is 7.01. The zero-order valence-corrected chi connectivity index (χ0v) is 12.6. The molecule has 1 atom stereocenters. The van der Waals surface area contributed by atoms with Gasteiger partial charge in [-0.25, -0.2) is 0 Å². The molecule has 1 aromatic carbocycles. The number of nitro groups is 1. The maximum absolute atomic E-state index is 11.9. The predicted octanol–water partition coefficient (Wildman–Crippen LogP) is 2.14. The van der Waals surface area contributed by atoms with E-state index in [9.17, 15) is 19.7 Å². The summed E-state index contributed by atoms with van der Waals surface area (Å²) in [6.07, 6.45) is -0.297. The van der Waals surface area contributed by atoms with Crippen LogP contribution in [0.2, 0.25) is 0 Å². The van der Waals surface area contributed by atoms with Crippen LogP contribution < -0.4 is 0 Å². The summed E-state index contributed by atoms with van der Waals surface area (Å²) in [5, 5.41) is 11.3. The first kappa shape index (κ1) is 17.6. The fourth-order valence-corrected chi connectivity index (χ4v) is 2.02. The van der Waals surface area contributed by atoms with Gasteiger partial charge in [0.25, 0.3) is 0 Å². The molecule has 0 bridgehead atoms. The number of esters is 2. The van der Waals surface area contributed by atoms with Gasteiger partial charge in [-0.3, -0.25) is 19.7 Å². The highest BCUT2D eigenvalue weighted by molar-refractivity contribution is 5.94. The van der Waals surface area contributed by atoms with Gasteiger partial charge >= 0.3 is 11.9 Å². The lowest BCUT2D eigenvalue weighted by molar-refractivity contribution is -0.530. The lowest BCUT2D eigenvalue weighted by atomic mass is 9.95. The number of carbonyl (C=O) groups is 2. The van der Waals surface area contributed by atoms with Gasteiger partial charge in [-0.15, -0.1) is 0 Å². The normalized spacial score (nSPS) is 11.8. The number of carbonyl (C=O) groups excluding carboxylic acids is 2. The zero-order valence-electron chi connectivity index (χ0n) is 12.6. The minimum atomic E-state index is -1.31. The summed E-state index contributed by atoms with van der Waals surface area (Å²) >= 11 is 0. The van der Waals surface area contributed by atoms with Gasteiger partial charge in [0.2, 0.25) is 6.04 Å². The van der Waals surface area contributed by atoms with Crippen LogP contribution >= 0.6 is 0 Å². The van der Waals surface area contributed by atoms with E-state index in [-0.39, 0.29) is 19.6 Å². The van der Waals surface area contributed by atoms with E-state index in [1.807, 2.05) is 0 Å². The summed E-state index contributed by atoms with van der Waals surface area (Å²) in [4.78, 5) is 34.6. The predicted molar refractivity (Wildman–Crippen MR) is 77.6 cm³/mol.